The van der Waals surface area contributed by atoms with Gasteiger partial charge in [0.2, 0.25) is 15.8 Å². The van der Waals surface area contributed by atoms with E-state index in [2.05, 4.69) is 5.32 Å². The number of rotatable bonds is 7. The van der Waals surface area contributed by atoms with Gasteiger partial charge < -0.3 is 10.1 Å². The summed E-state index contributed by atoms with van der Waals surface area (Å²) in [5.74, 6) is -0.759. The zero-order chi connectivity index (χ0) is 17.2. The predicted molar refractivity (Wildman–Crippen MR) is 82.6 cm³/mol. The molecular formula is C13H18FN3O5S. The van der Waals surface area contributed by atoms with E-state index in [-0.39, 0.29) is 23.1 Å². The molecule has 1 fully saturated rings. The Morgan fingerprint density at radius 1 is 1.48 bits per heavy atom. The Kier molecular flexibility index (Phi) is 5.05. The van der Waals surface area contributed by atoms with Gasteiger partial charge in [-0.2, -0.15) is 4.39 Å². The molecule has 8 nitrogen and oxygen atoms in total. The van der Waals surface area contributed by atoms with Crippen molar-refractivity contribution in [2.45, 2.75) is 6.92 Å². The summed E-state index contributed by atoms with van der Waals surface area (Å²) in [6.45, 7) is 2.58. The summed E-state index contributed by atoms with van der Waals surface area (Å²) in [6, 6.07) is 2.29. The lowest BCUT2D eigenvalue weighted by Crippen LogP contribution is -2.52. The zero-order valence-electron chi connectivity index (χ0n) is 12.8. The van der Waals surface area contributed by atoms with Crippen LogP contribution in [0.2, 0.25) is 0 Å². The van der Waals surface area contributed by atoms with E-state index in [4.69, 9.17) is 4.74 Å². The molecular weight excluding hydrogens is 329 g/mol. The summed E-state index contributed by atoms with van der Waals surface area (Å²) in [5, 5.41) is 13.8. The molecule has 1 saturated heterocycles. The summed E-state index contributed by atoms with van der Waals surface area (Å²) in [4.78, 5) is 10.2. The Morgan fingerprint density at radius 3 is 2.65 bits per heavy atom. The molecule has 1 aliphatic heterocycles. The SMILES string of the molecule is CCS(=O)(=O)N1CC(CNc2cc(OC)cc(F)c2[N+](=O)[O-])C1. The number of nitro groups is 1. The summed E-state index contributed by atoms with van der Waals surface area (Å²) >= 11 is 0. The highest BCUT2D eigenvalue weighted by Gasteiger charge is 2.34. The van der Waals surface area contributed by atoms with Crippen LogP contribution in [0, 0.1) is 21.8 Å². The topological polar surface area (TPSA) is 102 Å². The lowest BCUT2D eigenvalue weighted by Gasteiger charge is -2.38. The van der Waals surface area contributed by atoms with E-state index in [0.717, 1.165) is 6.07 Å². The van der Waals surface area contributed by atoms with E-state index >= 15 is 0 Å². The minimum atomic E-state index is -3.20. The number of hydrogen-bond acceptors (Lipinski definition) is 6. The van der Waals surface area contributed by atoms with Crippen LogP contribution in [0.3, 0.4) is 0 Å². The lowest BCUT2D eigenvalue weighted by molar-refractivity contribution is -0.386. The van der Waals surface area contributed by atoms with E-state index in [1.807, 2.05) is 0 Å². The molecule has 0 unspecified atom stereocenters. The number of ether oxygens (including phenoxy) is 1. The highest BCUT2D eigenvalue weighted by atomic mass is 32.2. The first-order chi connectivity index (χ1) is 10.8. The van der Waals surface area contributed by atoms with Crippen LogP contribution in [0.25, 0.3) is 0 Å². The molecule has 1 aliphatic rings. The number of anilines is 1. The van der Waals surface area contributed by atoms with E-state index in [0.29, 0.717) is 19.6 Å². The van der Waals surface area contributed by atoms with Crippen LogP contribution in [-0.4, -0.2) is 50.1 Å². The van der Waals surface area contributed by atoms with Crippen molar-refractivity contribution in [3.05, 3.63) is 28.1 Å². The molecule has 0 atom stereocenters. The third-order valence-corrected chi connectivity index (χ3v) is 5.53. The first kappa shape index (κ1) is 17.4. The highest BCUT2D eigenvalue weighted by molar-refractivity contribution is 7.89. The van der Waals surface area contributed by atoms with Gasteiger partial charge in [-0.15, -0.1) is 0 Å². The number of benzene rings is 1. The van der Waals surface area contributed by atoms with E-state index in [1.54, 1.807) is 6.92 Å². The molecule has 0 aromatic heterocycles. The molecule has 0 amide bonds. The minimum Gasteiger partial charge on any atom is -0.497 e. The molecule has 23 heavy (non-hydrogen) atoms. The van der Waals surface area contributed by atoms with Crippen molar-refractivity contribution < 1.29 is 22.5 Å². The minimum absolute atomic E-state index is 0.0173. The standard InChI is InChI=1S/C13H18FN3O5S/c1-3-23(20,21)16-7-9(8-16)6-15-12-5-10(22-2)4-11(14)13(12)17(18)19/h4-5,9,15H,3,6-8H2,1-2H3. The number of nitrogens with zero attached hydrogens (tertiary/aromatic N) is 2. The largest absolute Gasteiger partial charge is 0.497 e. The van der Waals surface area contributed by atoms with Gasteiger partial charge in [-0.25, -0.2) is 12.7 Å². The van der Waals surface area contributed by atoms with E-state index in [1.165, 1.54) is 17.5 Å². The molecule has 1 heterocycles. The van der Waals surface area contributed by atoms with Gasteiger partial charge >= 0.3 is 5.69 Å². The molecule has 10 heteroatoms. The number of nitro benzene ring substituents is 1. The Hall–Kier alpha value is -1.94. The average Bonchev–Trinajstić information content (AvgIpc) is 2.44. The summed E-state index contributed by atoms with van der Waals surface area (Å²) < 4.78 is 43.3. The molecule has 0 bridgehead atoms. The maximum atomic E-state index is 13.8. The number of sulfonamides is 1. The van der Waals surface area contributed by atoms with Crippen molar-refractivity contribution in [3.8, 4) is 5.75 Å². The van der Waals surface area contributed by atoms with Crippen LogP contribution in [0.5, 0.6) is 5.75 Å². The maximum absolute atomic E-state index is 13.8. The first-order valence-corrected chi connectivity index (χ1v) is 8.63. The maximum Gasteiger partial charge on any atom is 0.327 e. The second kappa shape index (κ2) is 6.67. The van der Waals surface area contributed by atoms with Crippen LogP contribution in [0.4, 0.5) is 15.8 Å². The fourth-order valence-corrected chi connectivity index (χ4v) is 3.57. The van der Waals surface area contributed by atoms with E-state index < -0.39 is 26.5 Å². The number of methoxy groups -OCH3 is 1. The van der Waals surface area contributed by atoms with Crippen LogP contribution in [0.1, 0.15) is 6.92 Å². The van der Waals surface area contributed by atoms with Gasteiger partial charge in [-0.05, 0) is 6.92 Å². The van der Waals surface area contributed by atoms with Crippen molar-refractivity contribution in [3.63, 3.8) is 0 Å². The van der Waals surface area contributed by atoms with Crippen LogP contribution >= 0.6 is 0 Å². The molecule has 1 N–H and O–H groups in total. The Labute approximate surface area is 133 Å². The van der Waals surface area contributed by atoms with Crippen LogP contribution < -0.4 is 10.1 Å². The van der Waals surface area contributed by atoms with Gasteiger partial charge in [0.25, 0.3) is 0 Å². The monoisotopic (exact) mass is 347 g/mol. The molecule has 1 aromatic rings. The zero-order valence-corrected chi connectivity index (χ0v) is 13.6. The molecule has 0 spiro atoms. The molecule has 128 valence electrons. The third-order valence-electron chi connectivity index (χ3n) is 3.72. The second-order valence-electron chi connectivity index (χ2n) is 5.23. The molecule has 1 aromatic carbocycles. The Morgan fingerprint density at radius 2 is 2.13 bits per heavy atom. The van der Waals surface area contributed by atoms with Gasteiger partial charge in [0.1, 0.15) is 11.4 Å². The molecule has 0 aliphatic carbocycles. The van der Waals surface area contributed by atoms with Crippen molar-refractivity contribution in [1.82, 2.24) is 4.31 Å². The van der Waals surface area contributed by atoms with Gasteiger partial charge in [-0.3, -0.25) is 10.1 Å². The third kappa shape index (κ3) is 3.70. The molecule has 2 rings (SSSR count). The first-order valence-electron chi connectivity index (χ1n) is 7.02. The van der Waals surface area contributed by atoms with Gasteiger partial charge in [-0.1, -0.05) is 0 Å². The van der Waals surface area contributed by atoms with Crippen LogP contribution in [0.15, 0.2) is 12.1 Å². The predicted octanol–water partition coefficient (Wildman–Crippen LogP) is 1.44. The average molecular weight is 347 g/mol. The number of hydrogen-bond donors (Lipinski definition) is 1. The highest BCUT2D eigenvalue weighted by Crippen LogP contribution is 2.33. The summed E-state index contributed by atoms with van der Waals surface area (Å²) in [5.41, 5.74) is -0.633. The fraction of sp³-hybridized carbons (Fsp3) is 0.538. The Bertz CT molecular complexity index is 704. The fourth-order valence-electron chi connectivity index (χ4n) is 2.33. The van der Waals surface area contributed by atoms with Crippen molar-refractivity contribution in [2.24, 2.45) is 5.92 Å². The smallest absolute Gasteiger partial charge is 0.327 e. The van der Waals surface area contributed by atoms with Crippen molar-refractivity contribution in [2.75, 3.05) is 37.8 Å². The van der Waals surface area contributed by atoms with E-state index in [9.17, 15) is 22.9 Å². The number of nitrogens with one attached hydrogen (secondary N) is 1. The quantitative estimate of drug-likeness (QED) is 0.591. The molecule has 0 saturated carbocycles. The Balaban J connectivity index is 2.04. The van der Waals surface area contributed by atoms with Crippen LogP contribution in [-0.2, 0) is 10.0 Å². The van der Waals surface area contributed by atoms with Crippen molar-refractivity contribution in [1.29, 1.82) is 0 Å². The number of halogens is 1. The normalized spacial score (nSPS) is 16.0. The van der Waals surface area contributed by atoms with Gasteiger partial charge in [0.15, 0.2) is 0 Å². The van der Waals surface area contributed by atoms with Crippen molar-refractivity contribution >= 4 is 21.4 Å². The summed E-state index contributed by atoms with van der Waals surface area (Å²) in [6.07, 6.45) is 0. The van der Waals surface area contributed by atoms with Gasteiger partial charge in [0.05, 0.1) is 17.8 Å². The molecule has 0 radical (unpaired) electrons. The summed E-state index contributed by atoms with van der Waals surface area (Å²) in [7, 11) is -1.86. The lowest BCUT2D eigenvalue weighted by atomic mass is 10.0. The van der Waals surface area contributed by atoms with Gasteiger partial charge in [0, 0.05) is 37.7 Å². The second-order valence-corrected chi connectivity index (χ2v) is 7.48.